The third kappa shape index (κ3) is 10.4. The minimum absolute atomic E-state index is 0.136. The van der Waals surface area contributed by atoms with Gasteiger partial charge in [0.15, 0.2) is 6.29 Å². The first-order chi connectivity index (χ1) is 16.3. The lowest BCUT2D eigenvalue weighted by atomic mass is 9.91. The van der Waals surface area contributed by atoms with Gasteiger partial charge in [0.05, 0.1) is 12.5 Å². The predicted molar refractivity (Wildman–Crippen MR) is 125 cm³/mol. The first-order valence-electron chi connectivity index (χ1n) is 12.3. The highest BCUT2D eigenvalue weighted by atomic mass is 16.7. The van der Waals surface area contributed by atoms with Crippen LogP contribution in [0.15, 0.2) is 0 Å². The molecule has 1 aliphatic rings. The Hall–Kier alpha value is -2.24. The van der Waals surface area contributed by atoms with Crippen LogP contribution in [-0.2, 0) is 23.9 Å². The lowest BCUT2D eigenvalue weighted by Crippen LogP contribution is -2.52. The Morgan fingerprint density at radius 1 is 1.18 bits per heavy atom. The number of rotatable bonds is 16. The Morgan fingerprint density at radius 3 is 2.44 bits per heavy atom. The summed E-state index contributed by atoms with van der Waals surface area (Å²) in [5.74, 6) is -1.26. The maximum atomic E-state index is 13.3. The highest BCUT2D eigenvalue weighted by Gasteiger charge is 2.38. The monoisotopic (exact) mass is 486 g/mol. The van der Waals surface area contributed by atoms with E-state index < -0.39 is 30.2 Å². The Balaban J connectivity index is 2.69. The molecule has 0 aromatic heterocycles. The summed E-state index contributed by atoms with van der Waals surface area (Å²) in [7, 11) is 0. The number of hydroxylamine groups is 2. The molecule has 0 aromatic carbocycles. The van der Waals surface area contributed by atoms with Crippen molar-refractivity contribution in [3.8, 4) is 0 Å². The van der Waals surface area contributed by atoms with Gasteiger partial charge >= 0.3 is 6.03 Å². The van der Waals surface area contributed by atoms with Gasteiger partial charge in [0, 0.05) is 32.7 Å². The van der Waals surface area contributed by atoms with Crippen LogP contribution < -0.4 is 10.6 Å². The van der Waals surface area contributed by atoms with Crippen LogP contribution in [0, 0.1) is 11.8 Å². The highest BCUT2D eigenvalue weighted by Crippen LogP contribution is 2.25. The molecule has 0 bridgehead atoms. The molecule has 3 N–H and O–H groups in total. The van der Waals surface area contributed by atoms with E-state index in [0.717, 1.165) is 12.8 Å². The fourth-order valence-corrected chi connectivity index (χ4v) is 4.29. The van der Waals surface area contributed by atoms with Gasteiger partial charge < -0.3 is 19.7 Å². The summed E-state index contributed by atoms with van der Waals surface area (Å²) in [5, 5.41) is 15.1. The van der Waals surface area contributed by atoms with Gasteiger partial charge in [-0.3, -0.25) is 24.9 Å². The van der Waals surface area contributed by atoms with E-state index in [1.54, 1.807) is 0 Å². The van der Waals surface area contributed by atoms with Crippen LogP contribution in [0.25, 0.3) is 0 Å². The number of carbonyl (C=O) groups excluding carboxylic acids is 4. The van der Waals surface area contributed by atoms with Crippen molar-refractivity contribution in [2.24, 2.45) is 11.8 Å². The number of hydrogen-bond acceptors (Lipinski definition) is 7. The number of nitrogens with zero attached hydrogens (tertiary/aromatic N) is 2. The van der Waals surface area contributed by atoms with E-state index in [9.17, 15) is 24.4 Å². The number of likely N-dealkylation sites (tertiary alicyclic amines) is 1. The summed E-state index contributed by atoms with van der Waals surface area (Å²) in [4.78, 5) is 50.6. The molecule has 1 saturated heterocycles. The van der Waals surface area contributed by atoms with Crippen LogP contribution in [0.4, 0.5) is 4.79 Å². The molecule has 0 spiro atoms. The molecule has 1 aliphatic heterocycles. The Bertz CT molecular complexity index is 643. The van der Waals surface area contributed by atoms with Crippen molar-refractivity contribution in [1.29, 1.82) is 0 Å². The lowest BCUT2D eigenvalue weighted by molar-refractivity contribution is -0.158. The molecule has 5 amide bonds. The maximum Gasteiger partial charge on any atom is 0.321 e. The predicted octanol–water partition coefficient (Wildman–Crippen LogP) is 1.88. The molecule has 0 radical (unpaired) electrons. The van der Waals surface area contributed by atoms with Gasteiger partial charge in [-0.25, -0.2) is 9.86 Å². The van der Waals surface area contributed by atoms with E-state index in [-0.39, 0.29) is 31.3 Å². The van der Waals surface area contributed by atoms with Crippen LogP contribution >= 0.6 is 0 Å². The Morgan fingerprint density at radius 2 is 1.85 bits per heavy atom. The van der Waals surface area contributed by atoms with Crippen molar-refractivity contribution >= 4 is 24.3 Å². The number of carbonyl (C=O) groups is 4. The van der Waals surface area contributed by atoms with Crippen molar-refractivity contribution < 1.29 is 33.9 Å². The van der Waals surface area contributed by atoms with Crippen LogP contribution in [0.3, 0.4) is 0 Å². The maximum absolute atomic E-state index is 13.3. The van der Waals surface area contributed by atoms with E-state index in [1.807, 2.05) is 20.8 Å². The lowest BCUT2D eigenvalue weighted by Gasteiger charge is -2.30. The SMILES string of the molecule is CCCC(C)CC(CN(O)C=O)C(=O)N1CCCC1C(=O)NC(=O)NCCC(OCC)OCC. The molecular weight excluding hydrogens is 444 g/mol. The second kappa shape index (κ2) is 16.4. The molecule has 1 fully saturated rings. The first kappa shape index (κ1) is 29.8. The molecule has 34 heavy (non-hydrogen) atoms. The Labute approximate surface area is 202 Å². The van der Waals surface area contributed by atoms with E-state index in [0.29, 0.717) is 50.5 Å². The summed E-state index contributed by atoms with van der Waals surface area (Å²) in [6, 6.07) is -1.42. The van der Waals surface area contributed by atoms with Crippen molar-refractivity contribution in [3.05, 3.63) is 0 Å². The zero-order valence-corrected chi connectivity index (χ0v) is 21.0. The minimum atomic E-state index is -0.773. The molecule has 11 nitrogen and oxygen atoms in total. The molecule has 1 rings (SSSR count). The van der Waals surface area contributed by atoms with Crippen LogP contribution in [0.2, 0.25) is 0 Å². The van der Waals surface area contributed by atoms with E-state index in [2.05, 4.69) is 17.6 Å². The standard InChI is InChI=1S/C23H42N4O7/c1-5-9-17(4)14-18(15-26(32)16-28)22(30)27-13-8-10-19(27)21(29)25-23(31)24-12-11-20(33-6-2)34-7-3/h16-20,32H,5-15H2,1-4H3,(H2,24,25,29,31). The van der Waals surface area contributed by atoms with E-state index >= 15 is 0 Å². The number of amides is 5. The van der Waals surface area contributed by atoms with Gasteiger partial charge in [0.2, 0.25) is 12.3 Å². The number of imide groups is 1. The van der Waals surface area contributed by atoms with Gasteiger partial charge in [0.1, 0.15) is 6.04 Å². The largest absolute Gasteiger partial charge is 0.353 e. The second-order valence-electron chi connectivity index (χ2n) is 8.62. The van der Waals surface area contributed by atoms with Gasteiger partial charge in [-0.05, 0) is 39.0 Å². The first-order valence-corrected chi connectivity index (χ1v) is 12.3. The van der Waals surface area contributed by atoms with Crippen LogP contribution in [-0.4, -0.2) is 84.6 Å². The van der Waals surface area contributed by atoms with Crippen LogP contribution in [0.1, 0.15) is 66.2 Å². The summed E-state index contributed by atoms with van der Waals surface area (Å²) in [5.41, 5.74) is 0. The molecule has 11 heteroatoms. The normalized spacial score (nSPS) is 17.4. The number of urea groups is 1. The number of ether oxygens (including phenoxy) is 2. The second-order valence-corrected chi connectivity index (χ2v) is 8.62. The summed E-state index contributed by atoms with van der Waals surface area (Å²) in [6.07, 6.45) is 3.70. The molecule has 3 unspecified atom stereocenters. The third-order valence-corrected chi connectivity index (χ3v) is 5.79. The van der Waals surface area contributed by atoms with E-state index in [1.165, 1.54) is 4.90 Å². The highest BCUT2D eigenvalue weighted by molar-refractivity contribution is 5.99. The van der Waals surface area contributed by atoms with Crippen molar-refractivity contribution in [3.63, 3.8) is 0 Å². The number of nitrogens with one attached hydrogen (secondary N) is 2. The topological polar surface area (TPSA) is 138 Å². The zero-order valence-electron chi connectivity index (χ0n) is 21.0. The van der Waals surface area contributed by atoms with Gasteiger partial charge in [0.25, 0.3) is 5.91 Å². The molecule has 3 atom stereocenters. The van der Waals surface area contributed by atoms with Gasteiger partial charge in [-0.1, -0.05) is 26.7 Å². The van der Waals surface area contributed by atoms with Gasteiger partial charge in [-0.15, -0.1) is 0 Å². The average molecular weight is 487 g/mol. The quantitative estimate of drug-likeness (QED) is 0.131. The summed E-state index contributed by atoms with van der Waals surface area (Å²) in [6.45, 7) is 9.25. The summed E-state index contributed by atoms with van der Waals surface area (Å²) >= 11 is 0. The Kier molecular flexibility index (Phi) is 14.4. The fraction of sp³-hybridized carbons (Fsp3) is 0.826. The zero-order chi connectivity index (χ0) is 25.5. The number of hydrogen-bond donors (Lipinski definition) is 3. The minimum Gasteiger partial charge on any atom is -0.353 e. The molecule has 0 saturated carbocycles. The van der Waals surface area contributed by atoms with Gasteiger partial charge in [-0.2, -0.15) is 0 Å². The molecule has 196 valence electrons. The molecule has 0 aromatic rings. The van der Waals surface area contributed by atoms with Crippen molar-refractivity contribution in [2.45, 2.75) is 78.6 Å². The molecule has 1 heterocycles. The van der Waals surface area contributed by atoms with Crippen LogP contribution in [0.5, 0.6) is 0 Å². The smallest absolute Gasteiger partial charge is 0.321 e. The summed E-state index contributed by atoms with van der Waals surface area (Å²) < 4.78 is 10.8. The van der Waals surface area contributed by atoms with E-state index in [4.69, 9.17) is 9.47 Å². The average Bonchev–Trinajstić information content (AvgIpc) is 3.28. The third-order valence-electron chi connectivity index (χ3n) is 5.79. The molecular formula is C23H42N4O7. The molecule has 0 aliphatic carbocycles. The fourth-order valence-electron chi connectivity index (χ4n) is 4.29. The van der Waals surface area contributed by atoms with Crippen molar-refractivity contribution in [1.82, 2.24) is 20.6 Å². The van der Waals surface area contributed by atoms with Crippen molar-refractivity contribution in [2.75, 3.05) is 32.8 Å².